The molecule has 1 unspecified atom stereocenters. The minimum atomic E-state index is -0.102. The second-order valence-corrected chi connectivity index (χ2v) is 6.32. The highest BCUT2D eigenvalue weighted by atomic mass is 79.9. The molecule has 2 N–H and O–H groups in total. The summed E-state index contributed by atoms with van der Waals surface area (Å²) in [6.45, 7) is 3.69. The first kappa shape index (κ1) is 16.2. The summed E-state index contributed by atoms with van der Waals surface area (Å²) in [6, 6.07) is 2.12. The third-order valence-electron chi connectivity index (χ3n) is 3.81. The van der Waals surface area contributed by atoms with Gasteiger partial charge in [0.1, 0.15) is 5.82 Å². The van der Waals surface area contributed by atoms with Crippen LogP contribution in [0.1, 0.15) is 10.4 Å². The molecule has 0 aromatic carbocycles. The number of amides is 1. The van der Waals surface area contributed by atoms with E-state index in [0.29, 0.717) is 24.0 Å². The fourth-order valence-corrected chi connectivity index (χ4v) is 2.77. The summed E-state index contributed by atoms with van der Waals surface area (Å²) in [6.07, 6.45) is 1.67. The zero-order valence-corrected chi connectivity index (χ0v) is 14.3. The number of aromatic nitrogens is 1. The van der Waals surface area contributed by atoms with Crippen LogP contribution in [0, 0.1) is 0 Å². The second-order valence-electron chi connectivity index (χ2n) is 5.41. The van der Waals surface area contributed by atoms with Crippen LogP contribution in [0.3, 0.4) is 0 Å². The van der Waals surface area contributed by atoms with Crippen LogP contribution in [0.15, 0.2) is 16.7 Å². The Morgan fingerprint density at radius 2 is 2.24 bits per heavy atom. The molecule has 1 aliphatic rings. The quantitative estimate of drug-likeness (QED) is 0.838. The number of pyridine rings is 1. The van der Waals surface area contributed by atoms with E-state index in [-0.39, 0.29) is 5.91 Å². The second kappa shape index (κ2) is 7.20. The van der Waals surface area contributed by atoms with Gasteiger partial charge in [-0.25, -0.2) is 4.98 Å². The van der Waals surface area contributed by atoms with Crippen molar-refractivity contribution >= 4 is 27.7 Å². The summed E-state index contributed by atoms with van der Waals surface area (Å²) in [5.74, 6) is 0.486. The Hall–Kier alpha value is -1.18. The van der Waals surface area contributed by atoms with Gasteiger partial charge >= 0.3 is 0 Å². The van der Waals surface area contributed by atoms with Gasteiger partial charge in [-0.15, -0.1) is 0 Å². The first-order valence-electron chi connectivity index (χ1n) is 7.01. The predicted molar refractivity (Wildman–Crippen MR) is 87.7 cm³/mol. The molecule has 0 spiro atoms. The fourth-order valence-electron chi connectivity index (χ4n) is 2.44. The number of carbonyl (C=O) groups is 1. The summed E-state index contributed by atoms with van der Waals surface area (Å²) >= 11 is 3.35. The van der Waals surface area contributed by atoms with Gasteiger partial charge in [0.15, 0.2) is 0 Å². The lowest BCUT2D eigenvalue weighted by Gasteiger charge is -2.37. The fraction of sp³-hybridized carbons (Fsp3) is 0.571. The van der Waals surface area contributed by atoms with E-state index in [1.54, 1.807) is 19.3 Å². The molecular formula is C14H22BrN5O. The number of nitrogens with one attached hydrogen (secondary N) is 2. The highest BCUT2D eigenvalue weighted by Crippen LogP contribution is 2.17. The first-order valence-corrected chi connectivity index (χ1v) is 7.81. The molecule has 2 rings (SSSR count). The Labute approximate surface area is 134 Å². The van der Waals surface area contributed by atoms with Gasteiger partial charge in [0.05, 0.1) is 5.56 Å². The Bertz CT molecular complexity index is 510. The van der Waals surface area contributed by atoms with Gasteiger partial charge in [-0.1, -0.05) is 0 Å². The van der Waals surface area contributed by atoms with Crippen LogP contribution in [0.5, 0.6) is 0 Å². The number of anilines is 1. The van der Waals surface area contributed by atoms with Crippen molar-refractivity contribution in [1.29, 1.82) is 0 Å². The number of nitrogens with zero attached hydrogens (tertiary/aromatic N) is 3. The summed E-state index contributed by atoms with van der Waals surface area (Å²) in [5.41, 5.74) is 0.554. The van der Waals surface area contributed by atoms with Gasteiger partial charge < -0.3 is 15.5 Å². The van der Waals surface area contributed by atoms with E-state index >= 15 is 0 Å². The number of piperazine rings is 1. The molecule has 0 saturated carbocycles. The maximum absolute atomic E-state index is 12.4. The van der Waals surface area contributed by atoms with Crippen LogP contribution in [0.4, 0.5) is 5.82 Å². The molecule has 1 aliphatic heterocycles. The average molecular weight is 356 g/mol. The highest BCUT2D eigenvalue weighted by Gasteiger charge is 2.23. The molecule has 0 aliphatic carbocycles. The van der Waals surface area contributed by atoms with Gasteiger partial charge in [-0.05, 0) is 36.1 Å². The van der Waals surface area contributed by atoms with Crippen LogP contribution in [-0.2, 0) is 0 Å². The van der Waals surface area contributed by atoms with Crippen molar-refractivity contribution in [3.05, 3.63) is 22.3 Å². The van der Waals surface area contributed by atoms with E-state index in [4.69, 9.17) is 0 Å². The summed E-state index contributed by atoms with van der Waals surface area (Å²) in [4.78, 5) is 21.1. The topological polar surface area (TPSA) is 60.5 Å². The van der Waals surface area contributed by atoms with Crippen LogP contribution >= 0.6 is 15.9 Å². The van der Waals surface area contributed by atoms with Crippen LogP contribution in [-0.4, -0.2) is 74.1 Å². The molecule has 1 aromatic heterocycles. The summed E-state index contributed by atoms with van der Waals surface area (Å²) in [7, 11) is 5.97. The van der Waals surface area contributed by atoms with Crippen molar-refractivity contribution in [3.63, 3.8) is 0 Å². The Kier molecular flexibility index (Phi) is 5.55. The first-order chi connectivity index (χ1) is 10.0. The predicted octanol–water partition coefficient (Wildman–Crippen LogP) is 0.861. The largest absolute Gasteiger partial charge is 0.372 e. The van der Waals surface area contributed by atoms with E-state index in [1.807, 2.05) is 0 Å². The minimum absolute atomic E-state index is 0.102. The molecule has 7 heteroatoms. The molecule has 1 fully saturated rings. The molecule has 116 valence electrons. The molecular weight excluding hydrogens is 334 g/mol. The SMILES string of the molecule is CNc1ncc(Br)cc1C(=O)NCC1CN(C)CCN1C. The zero-order valence-electron chi connectivity index (χ0n) is 12.7. The monoisotopic (exact) mass is 355 g/mol. The van der Waals surface area contributed by atoms with Crippen molar-refractivity contribution in [2.24, 2.45) is 0 Å². The number of likely N-dealkylation sites (N-methyl/N-ethyl adjacent to an activating group) is 2. The maximum atomic E-state index is 12.4. The summed E-state index contributed by atoms with van der Waals surface area (Å²) < 4.78 is 0.793. The molecule has 1 saturated heterocycles. The van der Waals surface area contributed by atoms with Crippen molar-refractivity contribution in [2.45, 2.75) is 6.04 Å². The number of carbonyl (C=O) groups excluding carboxylic acids is 1. The van der Waals surface area contributed by atoms with Gasteiger partial charge in [0.25, 0.3) is 5.91 Å². The van der Waals surface area contributed by atoms with E-state index < -0.39 is 0 Å². The van der Waals surface area contributed by atoms with Gasteiger partial charge in [-0.3, -0.25) is 9.69 Å². The minimum Gasteiger partial charge on any atom is -0.372 e. The zero-order chi connectivity index (χ0) is 15.4. The molecule has 21 heavy (non-hydrogen) atoms. The van der Waals surface area contributed by atoms with Crippen molar-refractivity contribution in [2.75, 3.05) is 52.6 Å². The molecule has 0 bridgehead atoms. The normalized spacial score (nSPS) is 20.3. The van der Waals surface area contributed by atoms with Gasteiger partial charge in [0.2, 0.25) is 0 Å². The van der Waals surface area contributed by atoms with Crippen LogP contribution < -0.4 is 10.6 Å². The lowest BCUT2D eigenvalue weighted by molar-refractivity contribution is 0.0881. The van der Waals surface area contributed by atoms with Crippen molar-refractivity contribution in [1.82, 2.24) is 20.1 Å². The van der Waals surface area contributed by atoms with Crippen molar-refractivity contribution in [3.8, 4) is 0 Å². The maximum Gasteiger partial charge on any atom is 0.255 e. The van der Waals surface area contributed by atoms with E-state index in [1.165, 1.54) is 0 Å². The van der Waals surface area contributed by atoms with E-state index in [0.717, 1.165) is 24.1 Å². The molecule has 2 heterocycles. The number of halogens is 1. The molecule has 0 radical (unpaired) electrons. The number of rotatable bonds is 4. The standard InChI is InChI=1S/C14H22BrN5O/c1-16-13-12(6-10(15)7-17-13)14(21)18-8-11-9-19(2)4-5-20(11)3/h6-7,11H,4-5,8-9H2,1-3H3,(H,16,17)(H,18,21). The van der Waals surface area contributed by atoms with Crippen LogP contribution in [0.2, 0.25) is 0 Å². The Morgan fingerprint density at radius 1 is 1.48 bits per heavy atom. The highest BCUT2D eigenvalue weighted by molar-refractivity contribution is 9.10. The van der Waals surface area contributed by atoms with E-state index in [2.05, 4.69) is 55.4 Å². The lowest BCUT2D eigenvalue weighted by atomic mass is 10.1. The third-order valence-corrected chi connectivity index (χ3v) is 4.25. The van der Waals surface area contributed by atoms with Gasteiger partial charge in [0, 0.05) is 49.9 Å². The molecule has 1 aromatic rings. The molecule has 6 nitrogen and oxygen atoms in total. The van der Waals surface area contributed by atoms with Gasteiger partial charge in [-0.2, -0.15) is 0 Å². The Balaban J connectivity index is 2.00. The third kappa shape index (κ3) is 4.15. The number of hydrogen-bond donors (Lipinski definition) is 2. The molecule has 1 atom stereocenters. The van der Waals surface area contributed by atoms with E-state index in [9.17, 15) is 4.79 Å². The Morgan fingerprint density at radius 3 is 2.95 bits per heavy atom. The molecule has 1 amide bonds. The van der Waals surface area contributed by atoms with Crippen LogP contribution in [0.25, 0.3) is 0 Å². The van der Waals surface area contributed by atoms with Crippen molar-refractivity contribution < 1.29 is 4.79 Å². The average Bonchev–Trinajstić information content (AvgIpc) is 2.47. The summed E-state index contributed by atoms with van der Waals surface area (Å²) in [5, 5.41) is 5.96. The smallest absolute Gasteiger partial charge is 0.255 e. The lowest BCUT2D eigenvalue weighted by Crippen LogP contribution is -2.54. The number of hydrogen-bond acceptors (Lipinski definition) is 5.